The number of hydrogen-bond donors (Lipinski definition) is 1. The minimum absolute atomic E-state index is 0.0739. The van der Waals surface area contributed by atoms with Gasteiger partial charge in [0.15, 0.2) is 0 Å². The first-order chi connectivity index (χ1) is 12.7. The van der Waals surface area contributed by atoms with E-state index in [9.17, 15) is 4.79 Å². The van der Waals surface area contributed by atoms with Crippen LogP contribution in [0.1, 0.15) is 24.2 Å². The average molecular weight is 346 g/mol. The van der Waals surface area contributed by atoms with E-state index in [1.807, 2.05) is 61.5 Å². The number of rotatable bonds is 5. The second kappa shape index (κ2) is 6.84. The van der Waals surface area contributed by atoms with Gasteiger partial charge in [0.25, 0.3) is 0 Å². The molecule has 0 aliphatic rings. The van der Waals surface area contributed by atoms with Crippen LogP contribution in [0.2, 0.25) is 0 Å². The lowest BCUT2D eigenvalue weighted by atomic mass is 10.1. The van der Waals surface area contributed by atoms with Crippen LogP contribution in [0.4, 0.5) is 0 Å². The van der Waals surface area contributed by atoms with E-state index < -0.39 is 0 Å². The van der Waals surface area contributed by atoms with E-state index in [1.165, 1.54) is 6.33 Å². The van der Waals surface area contributed by atoms with Crippen molar-refractivity contribution in [1.82, 2.24) is 20.1 Å². The molecule has 1 atom stereocenters. The Morgan fingerprint density at radius 3 is 2.88 bits per heavy atom. The number of nitrogens with one attached hydrogen (secondary N) is 1. The second-order valence-corrected chi connectivity index (χ2v) is 6.14. The maximum atomic E-state index is 12.5. The highest BCUT2D eigenvalue weighted by molar-refractivity contribution is 5.85. The van der Waals surface area contributed by atoms with Gasteiger partial charge >= 0.3 is 0 Å². The van der Waals surface area contributed by atoms with Crippen molar-refractivity contribution >= 4 is 16.9 Å². The number of nitrogens with zero attached hydrogens (tertiary/aromatic N) is 3. The first-order valence-electron chi connectivity index (χ1n) is 8.41. The normalized spacial score (nSPS) is 12.2. The molecule has 0 fully saturated rings. The molecule has 1 N–H and O–H groups in total. The van der Waals surface area contributed by atoms with Gasteiger partial charge in [0, 0.05) is 11.9 Å². The largest absolute Gasteiger partial charge is 0.460 e. The molecule has 1 amide bonds. The lowest BCUT2D eigenvalue weighted by Crippen LogP contribution is -2.27. The Balaban J connectivity index is 1.44. The number of carbonyl (C=O) groups is 1. The van der Waals surface area contributed by atoms with Crippen LogP contribution in [0.5, 0.6) is 0 Å². The molecule has 4 rings (SSSR count). The van der Waals surface area contributed by atoms with Crippen LogP contribution in [-0.4, -0.2) is 20.7 Å². The van der Waals surface area contributed by atoms with Crippen LogP contribution < -0.4 is 5.32 Å². The topological polar surface area (TPSA) is 73.0 Å². The van der Waals surface area contributed by atoms with Crippen LogP contribution in [0.3, 0.4) is 0 Å². The van der Waals surface area contributed by atoms with Crippen LogP contribution >= 0.6 is 0 Å². The Morgan fingerprint density at radius 2 is 2.08 bits per heavy atom. The van der Waals surface area contributed by atoms with Gasteiger partial charge in [0.05, 0.1) is 11.6 Å². The van der Waals surface area contributed by atoms with Crippen LogP contribution in [0.25, 0.3) is 16.7 Å². The van der Waals surface area contributed by atoms with Crippen molar-refractivity contribution in [3.8, 4) is 5.69 Å². The number of hydrogen-bond acceptors (Lipinski definition) is 4. The van der Waals surface area contributed by atoms with E-state index in [-0.39, 0.29) is 11.8 Å². The van der Waals surface area contributed by atoms with Crippen molar-refractivity contribution in [2.24, 2.45) is 0 Å². The van der Waals surface area contributed by atoms with Gasteiger partial charge in [-0.25, -0.2) is 9.67 Å². The van der Waals surface area contributed by atoms with Crippen LogP contribution in [0, 0.1) is 0 Å². The summed E-state index contributed by atoms with van der Waals surface area (Å²) in [6.45, 7) is 2.28. The molecular weight excluding hydrogens is 328 g/mol. The lowest BCUT2D eigenvalue weighted by molar-refractivity contribution is -0.122. The van der Waals surface area contributed by atoms with Gasteiger partial charge in [-0.2, -0.15) is 5.10 Å². The molecule has 2 aromatic heterocycles. The van der Waals surface area contributed by atoms with Crippen molar-refractivity contribution < 1.29 is 9.21 Å². The highest BCUT2D eigenvalue weighted by Gasteiger charge is 2.19. The molecule has 0 aliphatic heterocycles. The molecular formula is C20H18N4O2. The van der Waals surface area contributed by atoms with Gasteiger partial charge in [-0.05, 0) is 36.8 Å². The van der Waals surface area contributed by atoms with E-state index in [0.29, 0.717) is 12.3 Å². The second-order valence-electron chi connectivity index (χ2n) is 6.14. The molecule has 6 heteroatoms. The minimum Gasteiger partial charge on any atom is -0.460 e. The zero-order valence-electron chi connectivity index (χ0n) is 14.3. The van der Waals surface area contributed by atoms with Crippen molar-refractivity contribution in [1.29, 1.82) is 0 Å². The summed E-state index contributed by atoms with van der Waals surface area (Å²) in [5.74, 6) is 0.233. The standard InChI is InChI=1S/C20H18N4O2/c1-14(19-10-16-6-2-3-8-18(16)26-19)20(25)22-11-15-5-4-7-17(9-15)24-13-21-12-23-24/h2-10,12-14H,11H2,1H3,(H,22,25)/t14-/m0/s1. The summed E-state index contributed by atoms with van der Waals surface area (Å²) >= 11 is 0. The summed E-state index contributed by atoms with van der Waals surface area (Å²) in [5, 5.41) is 8.09. The number of aromatic nitrogens is 3. The third kappa shape index (κ3) is 3.21. The highest BCUT2D eigenvalue weighted by Crippen LogP contribution is 2.25. The molecule has 2 heterocycles. The fraction of sp³-hybridized carbons (Fsp3) is 0.150. The Kier molecular flexibility index (Phi) is 4.23. The number of carbonyl (C=O) groups excluding carboxylic acids is 1. The molecule has 6 nitrogen and oxygen atoms in total. The monoisotopic (exact) mass is 346 g/mol. The fourth-order valence-electron chi connectivity index (χ4n) is 2.84. The zero-order valence-corrected chi connectivity index (χ0v) is 14.3. The molecule has 0 radical (unpaired) electrons. The molecule has 0 aliphatic carbocycles. The molecule has 4 aromatic rings. The number of para-hydroxylation sites is 1. The van der Waals surface area contributed by atoms with Crippen molar-refractivity contribution in [2.75, 3.05) is 0 Å². The fourth-order valence-corrected chi connectivity index (χ4v) is 2.84. The van der Waals surface area contributed by atoms with Gasteiger partial charge in [0.1, 0.15) is 24.0 Å². The van der Waals surface area contributed by atoms with E-state index in [1.54, 1.807) is 11.0 Å². The first-order valence-corrected chi connectivity index (χ1v) is 8.41. The third-order valence-corrected chi connectivity index (χ3v) is 4.33. The summed E-state index contributed by atoms with van der Waals surface area (Å²) in [4.78, 5) is 16.5. The predicted octanol–water partition coefficient (Wildman–Crippen LogP) is 3.43. The summed E-state index contributed by atoms with van der Waals surface area (Å²) in [6, 6.07) is 17.5. The first kappa shape index (κ1) is 16.1. The van der Waals surface area contributed by atoms with Crippen LogP contribution in [0.15, 0.2) is 71.7 Å². The maximum absolute atomic E-state index is 12.5. The van der Waals surface area contributed by atoms with Gasteiger partial charge in [-0.1, -0.05) is 30.3 Å². The Morgan fingerprint density at radius 1 is 1.19 bits per heavy atom. The summed E-state index contributed by atoms with van der Waals surface area (Å²) in [6.07, 6.45) is 3.13. The number of fused-ring (bicyclic) bond motifs is 1. The van der Waals surface area contributed by atoms with Gasteiger partial charge < -0.3 is 9.73 Å². The van der Waals surface area contributed by atoms with Gasteiger partial charge in [0.2, 0.25) is 5.91 Å². The Labute approximate surface area is 150 Å². The van der Waals surface area contributed by atoms with E-state index in [2.05, 4.69) is 15.4 Å². The maximum Gasteiger partial charge on any atom is 0.230 e. The van der Waals surface area contributed by atoms with Gasteiger partial charge in [-0.3, -0.25) is 4.79 Å². The molecule has 2 aromatic carbocycles. The molecule has 0 saturated carbocycles. The molecule has 0 saturated heterocycles. The summed E-state index contributed by atoms with van der Waals surface area (Å²) in [5.41, 5.74) is 2.69. The van der Waals surface area contributed by atoms with Crippen molar-refractivity contribution in [2.45, 2.75) is 19.4 Å². The minimum atomic E-state index is -0.360. The van der Waals surface area contributed by atoms with E-state index in [4.69, 9.17) is 4.42 Å². The predicted molar refractivity (Wildman–Crippen MR) is 97.8 cm³/mol. The molecule has 26 heavy (non-hydrogen) atoms. The highest BCUT2D eigenvalue weighted by atomic mass is 16.3. The Bertz CT molecular complexity index is 1000. The Hall–Kier alpha value is -3.41. The van der Waals surface area contributed by atoms with E-state index >= 15 is 0 Å². The summed E-state index contributed by atoms with van der Waals surface area (Å²) in [7, 11) is 0. The third-order valence-electron chi connectivity index (χ3n) is 4.33. The quantitative estimate of drug-likeness (QED) is 0.601. The van der Waals surface area contributed by atoms with Crippen LogP contribution in [-0.2, 0) is 11.3 Å². The molecule has 130 valence electrons. The number of furan rings is 1. The molecule has 0 spiro atoms. The SMILES string of the molecule is C[C@H](C(=O)NCc1cccc(-n2cncn2)c1)c1cc2ccccc2o1. The number of benzene rings is 2. The average Bonchev–Trinajstić information content (AvgIpc) is 3.35. The van der Waals surface area contributed by atoms with Crippen molar-refractivity contribution in [3.05, 3.63) is 78.6 Å². The summed E-state index contributed by atoms with van der Waals surface area (Å²) < 4.78 is 7.47. The zero-order chi connectivity index (χ0) is 17.9. The lowest BCUT2D eigenvalue weighted by Gasteiger charge is -2.11. The number of amides is 1. The molecule has 0 bridgehead atoms. The van der Waals surface area contributed by atoms with Gasteiger partial charge in [-0.15, -0.1) is 0 Å². The van der Waals surface area contributed by atoms with E-state index in [0.717, 1.165) is 22.2 Å². The van der Waals surface area contributed by atoms with Crippen molar-refractivity contribution in [3.63, 3.8) is 0 Å². The molecule has 0 unspecified atom stereocenters. The smallest absolute Gasteiger partial charge is 0.230 e.